The lowest BCUT2D eigenvalue weighted by molar-refractivity contribution is -0.154. The molecule has 0 radical (unpaired) electrons. The molecule has 0 aliphatic rings. The van der Waals surface area contributed by atoms with Crippen LogP contribution in [0.4, 0.5) is 0 Å². The molecule has 1 unspecified atom stereocenters. The highest BCUT2D eigenvalue weighted by Gasteiger charge is 2.14. The second-order valence-corrected chi connectivity index (χ2v) is 3.18. The Hall–Kier alpha value is -0.570. The standard InChI is InChI=1S/C10H20O3/c1-3-5-7-9(11)10(12)13-8-6-4-2/h9,11H,3-8H2,1-2H3. The van der Waals surface area contributed by atoms with Gasteiger partial charge in [0.2, 0.25) is 0 Å². The maximum atomic E-state index is 11.1. The average Bonchev–Trinajstić information content (AvgIpc) is 2.14. The second-order valence-electron chi connectivity index (χ2n) is 3.18. The van der Waals surface area contributed by atoms with E-state index >= 15 is 0 Å². The Labute approximate surface area is 80.1 Å². The van der Waals surface area contributed by atoms with Crippen LogP contribution in [0.3, 0.4) is 0 Å². The molecule has 3 heteroatoms. The normalized spacial score (nSPS) is 12.5. The van der Waals surface area contributed by atoms with Crippen LogP contribution in [0.2, 0.25) is 0 Å². The molecule has 0 amide bonds. The minimum atomic E-state index is -0.920. The van der Waals surface area contributed by atoms with Crippen molar-refractivity contribution >= 4 is 5.97 Å². The van der Waals surface area contributed by atoms with Crippen molar-refractivity contribution in [2.24, 2.45) is 0 Å². The van der Waals surface area contributed by atoms with Gasteiger partial charge in [-0.25, -0.2) is 4.79 Å². The van der Waals surface area contributed by atoms with Crippen LogP contribution < -0.4 is 0 Å². The first kappa shape index (κ1) is 12.4. The van der Waals surface area contributed by atoms with E-state index in [2.05, 4.69) is 0 Å². The molecule has 0 heterocycles. The van der Waals surface area contributed by atoms with Crippen LogP contribution in [0.5, 0.6) is 0 Å². The van der Waals surface area contributed by atoms with Crippen molar-refractivity contribution in [3.05, 3.63) is 0 Å². The minimum absolute atomic E-state index is 0.429. The van der Waals surface area contributed by atoms with Crippen LogP contribution >= 0.6 is 0 Å². The quantitative estimate of drug-likeness (QED) is 0.490. The fraction of sp³-hybridized carbons (Fsp3) is 0.900. The number of aliphatic hydroxyl groups excluding tert-OH is 1. The molecule has 1 atom stereocenters. The number of hydrogen-bond donors (Lipinski definition) is 1. The van der Waals surface area contributed by atoms with Gasteiger partial charge in [0.1, 0.15) is 0 Å². The van der Waals surface area contributed by atoms with E-state index in [4.69, 9.17) is 4.74 Å². The summed E-state index contributed by atoms with van der Waals surface area (Å²) in [4.78, 5) is 11.1. The van der Waals surface area contributed by atoms with Crippen LogP contribution in [-0.4, -0.2) is 23.8 Å². The molecule has 0 aliphatic heterocycles. The number of rotatable bonds is 7. The highest BCUT2D eigenvalue weighted by molar-refractivity contribution is 5.74. The van der Waals surface area contributed by atoms with Gasteiger partial charge in [-0.3, -0.25) is 0 Å². The Morgan fingerprint density at radius 1 is 1.31 bits per heavy atom. The maximum Gasteiger partial charge on any atom is 0.334 e. The summed E-state index contributed by atoms with van der Waals surface area (Å²) in [6.45, 7) is 4.48. The Bertz CT molecular complexity index is 134. The average molecular weight is 188 g/mol. The molecule has 0 fully saturated rings. The summed E-state index contributed by atoms with van der Waals surface area (Å²) in [7, 11) is 0. The molecular weight excluding hydrogens is 168 g/mol. The Kier molecular flexibility index (Phi) is 7.69. The van der Waals surface area contributed by atoms with Gasteiger partial charge in [0.15, 0.2) is 6.10 Å². The van der Waals surface area contributed by atoms with E-state index in [9.17, 15) is 9.90 Å². The lowest BCUT2D eigenvalue weighted by Crippen LogP contribution is -2.23. The van der Waals surface area contributed by atoms with E-state index in [-0.39, 0.29) is 0 Å². The molecule has 1 N–H and O–H groups in total. The van der Waals surface area contributed by atoms with Crippen molar-refractivity contribution in [1.29, 1.82) is 0 Å². The molecule has 78 valence electrons. The fourth-order valence-corrected chi connectivity index (χ4v) is 0.929. The first-order valence-corrected chi connectivity index (χ1v) is 5.07. The van der Waals surface area contributed by atoms with Crippen LogP contribution in [0, 0.1) is 0 Å². The summed E-state index contributed by atoms with van der Waals surface area (Å²) < 4.78 is 4.85. The van der Waals surface area contributed by atoms with Crippen molar-refractivity contribution in [2.45, 2.75) is 52.1 Å². The van der Waals surface area contributed by atoms with Gasteiger partial charge >= 0.3 is 5.97 Å². The molecule has 0 aromatic rings. The fourth-order valence-electron chi connectivity index (χ4n) is 0.929. The first-order valence-electron chi connectivity index (χ1n) is 5.07. The lowest BCUT2D eigenvalue weighted by atomic mass is 10.2. The first-order chi connectivity index (χ1) is 6.22. The third-order valence-electron chi connectivity index (χ3n) is 1.85. The largest absolute Gasteiger partial charge is 0.464 e. The Balaban J connectivity index is 3.45. The molecule has 0 aromatic heterocycles. The lowest BCUT2D eigenvalue weighted by Gasteiger charge is -2.09. The molecule has 13 heavy (non-hydrogen) atoms. The van der Waals surface area contributed by atoms with E-state index in [0.717, 1.165) is 25.7 Å². The smallest absolute Gasteiger partial charge is 0.334 e. The number of aliphatic hydroxyl groups is 1. The topological polar surface area (TPSA) is 46.5 Å². The number of carbonyl (C=O) groups is 1. The van der Waals surface area contributed by atoms with Crippen molar-refractivity contribution in [3.8, 4) is 0 Å². The van der Waals surface area contributed by atoms with Crippen molar-refractivity contribution < 1.29 is 14.6 Å². The molecule has 0 rings (SSSR count). The predicted molar refractivity (Wildman–Crippen MR) is 51.4 cm³/mol. The summed E-state index contributed by atoms with van der Waals surface area (Å²) in [5.74, 6) is -0.470. The number of ether oxygens (including phenoxy) is 1. The Morgan fingerprint density at radius 2 is 1.92 bits per heavy atom. The second kappa shape index (κ2) is 8.05. The monoisotopic (exact) mass is 188 g/mol. The van der Waals surface area contributed by atoms with E-state index in [1.54, 1.807) is 0 Å². The SMILES string of the molecule is CCCCOC(=O)C(O)CCCC. The number of hydrogen-bond acceptors (Lipinski definition) is 3. The third kappa shape index (κ3) is 6.58. The highest BCUT2D eigenvalue weighted by atomic mass is 16.5. The number of esters is 1. The van der Waals surface area contributed by atoms with Gasteiger partial charge in [0, 0.05) is 0 Å². The minimum Gasteiger partial charge on any atom is -0.464 e. The van der Waals surface area contributed by atoms with E-state index in [1.165, 1.54) is 0 Å². The zero-order valence-electron chi connectivity index (χ0n) is 8.58. The van der Waals surface area contributed by atoms with Crippen LogP contribution in [-0.2, 0) is 9.53 Å². The molecule has 0 saturated carbocycles. The summed E-state index contributed by atoms with van der Waals surface area (Å²) in [5.41, 5.74) is 0. The summed E-state index contributed by atoms with van der Waals surface area (Å²) >= 11 is 0. The van der Waals surface area contributed by atoms with Gasteiger partial charge in [-0.1, -0.05) is 33.1 Å². The zero-order valence-corrected chi connectivity index (χ0v) is 8.58. The van der Waals surface area contributed by atoms with Crippen LogP contribution in [0.1, 0.15) is 46.0 Å². The van der Waals surface area contributed by atoms with Crippen molar-refractivity contribution in [3.63, 3.8) is 0 Å². The predicted octanol–water partition coefficient (Wildman–Crippen LogP) is 1.88. The van der Waals surface area contributed by atoms with Crippen molar-refractivity contribution in [1.82, 2.24) is 0 Å². The number of unbranched alkanes of at least 4 members (excludes halogenated alkanes) is 2. The van der Waals surface area contributed by atoms with Gasteiger partial charge in [0.25, 0.3) is 0 Å². The Morgan fingerprint density at radius 3 is 2.46 bits per heavy atom. The molecule has 0 aromatic carbocycles. The summed E-state index contributed by atoms with van der Waals surface area (Å²) in [6.07, 6.45) is 3.31. The van der Waals surface area contributed by atoms with Gasteiger partial charge in [-0.05, 0) is 12.8 Å². The maximum absolute atomic E-state index is 11.1. The molecule has 0 bridgehead atoms. The van der Waals surface area contributed by atoms with Crippen LogP contribution in [0.15, 0.2) is 0 Å². The number of carbonyl (C=O) groups excluding carboxylic acids is 1. The van der Waals surface area contributed by atoms with Gasteiger partial charge in [-0.15, -0.1) is 0 Å². The zero-order chi connectivity index (χ0) is 10.1. The molecule has 0 spiro atoms. The molecular formula is C10H20O3. The highest BCUT2D eigenvalue weighted by Crippen LogP contribution is 2.02. The van der Waals surface area contributed by atoms with E-state index < -0.39 is 12.1 Å². The van der Waals surface area contributed by atoms with Gasteiger partial charge < -0.3 is 9.84 Å². The van der Waals surface area contributed by atoms with Crippen molar-refractivity contribution in [2.75, 3.05) is 6.61 Å². The molecule has 3 nitrogen and oxygen atoms in total. The van der Waals surface area contributed by atoms with E-state index in [1.807, 2.05) is 13.8 Å². The van der Waals surface area contributed by atoms with E-state index in [0.29, 0.717) is 13.0 Å². The molecule has 0 aliphatic carbocycles. The van der Waals surface area contributed by atoms with Gasteiger partial charge in [0.05, 0.1) is 6.61 Å². The van der Waals surface area contributed by atoms with Gasteiger partial charge in [-0.2, -0.15) is 0 Å². The van der Waals surface area contributed by atoms with Crippen LogP contribution in [0.25, 0.3) is 0 Å². The summed E-state index contributed by atoms with van der Waals surface area (Å²) in [6, 6.07) is 0. The third-order valence-corrected chi connectivity index (χ3v) is 1.85. The summed E-state index contributed by atoms with van der Waals surface area (Å²) in [5, 5.41) is 9.27. The molecule has 0 saturated heterocycles.